The third-order valence-corrected chi connectivity index (χ3v) is 4.08. The van der Waals surface area contributed by atoms with Gasteiger partial charge in [-0.3, -0.25) is 9.59 Å². The molecule has 0 aliphatic carbocycles. The number of anilines is 1. The molecule has 0 spiro atoms. The Morgan fingerprint density at radius 1 is 1.37 bits per heavy atom. The van der Waals surface area contributed by atoms with Crippen LogP contribution in [-0.2, 0) is 9.59 Å². The zero-order valence-electron chi connectivity index (χ0n) is 11.4. The minimum atomic E-state index is -0.869. The molecule has 2 N–H and O–H groups in total. The van der Waals surface area contributed by atoms with Crippen LogP contribution in [0.1, 0.15) is 24.5 Å². The molecule has 1 atom stereocenters. The lowest BCUT2D eigenvalue weighted by Crippen LogP contribution is -2.21. The summed E-state index contributed by atoms with van der Waals surface area (Å²) in [7, 11) is 0. The third-order valence-electron chi connectivity index (χ3n) is 2.72. The third kappa shape index (κ3) is 4.95. The molecule has 0 heterocycles. The van der Waals surface area contributed by atoms with Gasteiger partial charge in [-0.1, -0.05) is 24.6 Å². The second-order valence-corrected chi connectivity index (χ2v) is 5.60. The van der Waals surface area contributed by atoms with Crippen LogP contribution in [0.25, 0.3) is 0 Å². The standard InChI is InChI=1S/C14H19NO3S/c1-4-12(14(17)18)19-8-13(16)15-11-6-5-9(2)7-10(11)3/h5-7,12H,4,8H2,1-3H3,(H,15,16)(H,17,18). The number of carboxylic acids is 1. The molecule has 1 amide bonds. The predicted octanol–water partition coefficient (Wildman–Crippen LogP) is 2.84. The summed E-state index contributed by atoms with van der Waals surface area (Å²) in [6, 6.07) is 5.79. The number of benzene rings is 1. The summed E-state index contributed by atoms with van der Waals surface area (Å²) in [6.07, 6.45) is 0.511. The largest absolute Gasteiger partial charge is 0.480 e. The fourth-order valence-corrected chi connectivity index (χ4v) is 2.48. The molecule has 0 saturated carbocycles. The molecule has 0 saturated heterocycles. The summed E-state index contributed by atoms with van der Waals surface area (Å²) in [5, 5.41) is 11.2. The summed E-state index contributed by atoms with van der Waals surface area (Å²) in [6.45, 7) is 5.73. The van der Waals surface area contributed by atoms with Gasteiger partial charge in [0.25, 0.3) is 0 Å². The molecule has 1 aromatic rings. The fourth-order valence-electron chi connectivity index (χ4n) is 1.68. The molecule has 0 bridgehead atoms. The smallest absolute Gasteiger partial charge is 0.316 e. The first-order valence-corrected chi connectivity index (χ1v) is 7.20. The number of hydrogen-bond donors (Lipinski definition) is 2. The highest BCUT2D eigenvalue weighted by atomic mass is 32.2. The molecule has 1 rings (SSSR count). The minimum Gasteiger partial charge on any atom is -0.480 e. The van der Waals surface area contributed by atoms with Crippen LogP contribution < -0.4 is 5.32 Å². The van der Waals surface area contributed by atoms with Gasteiger partial charge >= 0.3 is 5.97 Å². The van der Waals surface area contributed by atoms with E-state index in [-0.39, 0.29) is 11.7 Å². The SMILES string of the molecule is CCC(SCC(=O)Nc1ccc(C)cc1C)C(=O)O. The number of carboxylic acid groups (broad SMARTS) is 1. The van der Waals surface area contributed by atoms with Gasteiger partial charge in [0.15, 0.2) is 0 Å². The van der Waals surface area contributed by atoms with Crippen molar-refractivity contribution in [3.05, 3.63) is 29.3 Å². The van der Waals surface area contributed by atoms with E-state index in [1.807, 2.05) is 32.0 Å². The molecule has 0 aliphatic rings. The fraction of sp³-hybridized carbons (Fsp3) is 0.429. The molecule has 0 fully saturated rings. The Hall–Kier alpha value is -1.49. The van der Waals surface area contributed by atoms with Gasteiger partial charge in [0.2, 0.25) is 5.91 Å². The van der Waals surface area contributed by atoms with E-state index in [0.29, 0.717) is 6.42 Å². The molecular formula is C14H19NO3S. The van der Waals surface area contributed by atoms with Crippen LogP contribution in [0, 0.1) is 13.8 Å². The van der Waals surface area contributed by atoms with Gasteiger partial charge in [-0.15, -0.1) is 11.8 Å². The Balaban J connectivity index is 2.53. The highest BCUT2D eigenvalue weighted by molar-refractivity contribution is 8.01. The lowest BCUT2D eigenvalue weighted by Gasteiger charge is -2.11. The van der Waals surface area contributed by atoms with Crippen LogP contribution in [0.5, 0.6) is 0 Å². The predicted molar refractivity (Wildman–Crippen MR) is 78.7 cm³/mol. The van der Waals surface area contributed by atoms with Crippen LogP contribution >= 0.6 is 11.8 Å². The van der Waals surface area contributed by atoms with Gasteiger partial charge in [0.05, 0.1) is 5.75 Å². The summed E-state index contributed by atoms with van der Waals surface area (Å²) in [5.41, 5.74) is 2.92. The van der Waals surface area contributed by atoms with Crippen molar-refractivity contribution >= 4 is 29.3 Å². The molecule has 0 aromatic heterocycles. The average Bonchev–Trinajstić information content (AvgIpc) is 2.33. The van der Waals surface area contributed by atoms with Crippen molar-refractivity contribution in [2.75, 3.05) is 11.1 Å². The maximum absolute atomic E-state index is 11.8. The lowest BCUT2D eigenvalue weighted by molar-refractivity contribution is -0.136. The highest BCUT2D eigenvalue weighted by Gasteiger charge is 2.17. The maximum atomic E-state index is 11.8. The van der Waals surface area contributed by atoms with Crippen LogP contribution in [-0.4, -0.2) is 28.0 Å². The first-order valence-electron chi connectivity index (χ1n) is 6.15. The van der Waals surface area contributed by atoms with Gasteiger partial charge in [-0.25, -0.2) is 0 Å². The van der Waals surface area contributed by atoms with Crippen LogP contribution in [0.4, 0.5) is 5.69 Å². The number of aliphatic carboxylic acids is 1. The van der Waals surface area contributed by atoms with E-state index in [1.165, 1.54) is 0 Å². The van der Waals surface area contributed by atoms with E-state index in [2.05, 4.69) is 5.32 Å². The zero-order chi connectivity index (χ0) is 14.4. The van der Waals surface area contributed by atoms with Gasteiger partial charge in [-0.2, -0.15) is 0 Å². The van der Waals surface area contributed by atoms with Crippen molar-refractivity contribution in [2.45, 2.75) is 32.4 Å². The molecular weight excluding hydrogens is 262 g/mol. The lowest BCUT2D eigenvalue weighted by atomic mass is 10.1. The number of carbonyl (C=O) groups excluding carboxylic acids is 1. The van der Waals surface area contributed by atoms with Gasteiger partial charge in [0.1, 0.15) is 5.25 Å². The first-order chi connectivity index (χ1) is 8.93. The number of nitrogens with one attached hydrogen (secondary N) is 1. The normalized spacial score (nSPS) is 11.9. The summed E-state index contributed by atoms with van der Waals surface area (Å²) in [5.74, 6) is -0.888. The topological polar surface area (TPSA) is 66.4 Å². The number of aryl methyl sites for hydroxylation is 2. The Kier molecular flexibility index (Phi) is 5.89. The van der Waals surface area contributed by atoms with Crippen LogP contribution in [0.15, 0.2) is 18.2 Å². The van der Waals surface area contributed by atoms with Gasteiger partial charge in [-0.05, 0) is 31.9 Å². The molecule has 5 heteroatoms. The van der Waals surface area contributed by atoms with E-state index in [1.54, 1.807) is 6.92 Å². The monoisotopic (exact) mass is 281 g/mol. The summed E-state index contributed by atoms with van der Waals surface area (Å²) >= 11 is 1.15. The van der Waals surface area contributed by atoms with E-state index >= 15 is 0 Å². The van der Waals surface area contributed by atoms with E-state index in [0.717, 1.165) is 28.6 Å². The Labute approximate surface area is 117 Å². The van der Waals surface area contributed by atoms with Crippen molar-refractivity contribution in [3.8, 4) is 0 Å². The van der Waals surface area contributed by atoms with E-state index in [4.69, 9.17) is 5.11 Å². The Morgan fingerprint density at radius 2 is 2.05 bits per heavy atom. The molecule has 0 aliphatic heterocycles. The van der Waals surface area contributed by atoms with E-state index < -0.39 is 11.2 Å². The molecule has 104 valence electrons. The highest BCUT2D eigenvalue weighted by Crippen LogP contribution is 2.18. The van der Waals surface area contributed by atoms with Crippen molar-refractivity contribution in [1.29, 1.82) is 0 Å². The second kappa shape index (κ2) is 7.19. The zero-order valence-corrected chi connectivity index (χ0v) is 12.2. The Morgan fingerprint density at radius 3 is 2.58 bits per heavy atom. The van der Waals surface area contributed by atoms with Crippen molar-refractivity contribution in [3.63, 3.8) is 0 Å². The summed E-state index contributed by atoms with van der Waals surface area (Å²) < 4.78 is 0. The van der Waals surface area contributed by atoms with E-state index in [9.17, 15) is 9.59 Å². The van der Waals surface area contributed by atoms with Crippen molar-refractivity contribution in [1.82, 2.24) is 0 Å². The molecule has 19 heavy (non-hydrogen) atoms. The number of amides is 1. The first kappa shape index (κ1) is 15.6. The molecule has 4 nitrogen and oxygen atoms in total. The molecule has 1 unspecified atom stereocenters. The van der Waals surface area contributed by atoms with Crippen LogP contribution in [0.2, 0.25) is 0 Å². The maximum Gasteiger partial charge on any atom is 0.316 e. The number of carbonyl (C=O) groups is 2. The Bertz CT molecular complexity index is 474. The van der Waals surface area contributed by atoms with Gasteiger partial charge < -0.3 is 10.4 Å². The second-order valence-electron chi connectivity index (χ2n) is 4.41. The number of rotatable bonds is 6. The van der Waals surface area contributed by atoms with Crippen molar-refractivity contribution in [2.24, 2.45) is 0 Å². The molecule has 0 radical (unpaired) electrons. The van der Waals surface area contributed by atoms with Crippen molar-refractivity contribution < 1.29 is 14.7 Å². The minimum absolute atomic E-state index is 0.151. The molecule has 1 aromatic carbocycles. The quantitative estimate of drug-likeness (QED) is 0.841. The number of hydrogen-bond acceptors (Lipinski definition) is 3. The summed E-state index contributed by atoms with van der Waals surface area (Å²) in [4.78, 5) is 22.6. The van der Waals surface area contributed by atoms with Crippen LogP contribution in [0.3, 0.4) is 0 Å². The number of thioether (sulfide) groups is 1. The van der Waals surface area contributed by atoms with Gasteiger partial charge in [0, 0.05) is 5.69 Å². The average molecular weight is 281 g/mol.